The van der Waals surface area contributed by atoms with Gasteiger partial charge < -0.3 is 9.80 Å². The van der Waals surface area contributed by atoms with Crippen molar-refractivity contribution < 1.29 is 4.79 Å². The molecule has 2 aliphatic rings. The Bertz CT molecular complexity index is 827. The first kappa shape index (κ1) is 17.0. The van der Waals surface area contributed by atoms with Crippen LogP contribution in [0.3, 0.4) is 0 Å². The lowest BCUT2D eigenvalue weighted by Crippen LogP contribution is -2.38. The van der Waals surface area contributed by atoms with Crippen molar-refractivity contribution in [2.75, 3.05) is 22.9 Å². The highest BCUT2D eigenvalue weighted by atomic mass is 16.2. The maximum absolute atomic E-state index is 13.3. The van der Waals surface area contributed by atoms with Crippen molar-refractivity contribution in [1.82, 2.24) is 9.97 Å². The standard InChI is InChI=1S/C21H26N4O/c1-14-8-10-24(11-9-14)21-22-15(2)12-18(23-21)20(26)25-16(3)13-17-6-4-5-7-19(17)25/h4-7,12,14,16H,8-11,13H2,1-3H3. The minimum Gasteiger partial charge on any atom is -0.341 e. The van der Waals surface area contributed by atoms with Crippen LogP contribution in [0, 0.1) is 12.8 Å². The second-order valence-corrected chi connectivity index (χ2v) is 7.72. The second-order valence-electron chi connectivity index (χ2n) is 7.72. The fraction of sp³-hybridized carbons (Fsp3) is 0.476. The molecule has 1 saturated heterocycles. The van der Waals surface area contributed by atoms with Gasteiger partial charge in [0.1, 0.15) is 5.69 Å². The van der Waals surface area contributed by atoms with Crippen molar-refractivity contribution in [2.24, 2.45) is 5.92 Å². The van der Waals surface area contributed by atoms with Gasteiger partial charge in [0, 0.05) is 30.5 Å². The number of para-hydroxylation sites is 1. The SMILES string of the molecule is Cc1cc(C(=O)N2c3ccccc3CC2C)nc(N2CCC(C)CC2)n1. The number of carbonyl (C=O) groups is 1. The van der Waals surface area contributed by atoms with Gasteiger partial charge in [-0.1, -0.05) is 25.1 Å². The molecule has 0 N–H and O–H groups in total. The van der Waals surface area contributed by atoms with Crippen LogP contribution < -0.4 is 9.80 Å². The van der Waals surface area contributed by atoms with Crippen molar-refractivity contribution in [1.29, 1.82) is 0 Å². The molecule has 3 heterocycles. The number of hydrogen-bond acceptors (Lipinski definition) is 4. The average Bonchev–Trinajstić information content (AvgIpc) is 2.97. The van der Waals surface area contributed by atoms with Gasteiger partial charge in [0.2, 0.25) is 5.95 Å². The van der Waals surface area contributed by atoms with Crippen molar-refractivity contribution in [3.05, 3.63) is 47.3 Å². The molecular weight excluding hydrogens is 324 g/mol. The summed E-state index contributed by atoms with van der Waals surface area (Å²) in [6.45, 7) is 8.24. The molecule has 2 aliphatic heterocycles. The van der Waals surface area contributed by atoms with E-state index in [-0.39, 0.29) is 11.9 Å². The summed E-state index contributed by atoms with van der Waals surface area (Å²) < 4.78 is 0. The lowest BCUT2D eigenvalue weighted by molar-refractivity contribution is 0.0976. The molecule has 136 valence electrons. The highest BCUT2D eigenvalue weighted by molar-refractivity contribution is 6.06. The summed E-state index contributed by atoms with van der Waals surface area (Å²) in [7, 11) is 0. The molecule has 4 rings (SSSR count). The largest absolute Gasteiger partial charge is 0.341 e. The summed E-state index contributed by atoms with van der Waals surface area (Å²) in [4.78, 5) is 26.6. The fourth-order valence-electron chi connectivity index (χ4n) is 4.01. The van der Waals surface area contributed by atoms with Crippen molar-refractivity contribution >= 4 is 17.5 Å². The van der Waals surface area contributed by atoms with Crippen molar-refractivity contribution in [3.63, 3.8) is 0 Å². The Balaban J connectivity index is 1.64. The van der Waals surface area contributed by atoms with Gasteiger partial charge in [-0.3, -0.25) is 4.79 Å². The van der Waals surface area contributed by atoms with Crippen LogP contribution in [0.15, 0.2) is 30.3 Å². The summed E-state index contributed by atoms with van der Waals surface area (Å²) in [6, 6.07) is 10.1. The Labute approximate surface area is 155 Å². The van der Waals surface area contributed by atoms with E-state index >= 15 is 0 Å². The van der Waals surface area contributed by atoms with E-state index in [1.165, 1.54) is 5.56 Å². The van der Waals surface area contributed by atoms with Crippen LogP contribution in [-0.4, -0.2) is 35.0 Å². The Morgan fingerprint density at radius 1 is 1.12 bits per heavy atom. The predicted octanol–water partition coefficient (Wildman–Crippen LogP) is 3.61. The minimum atomic E-state index is -0.0282. The molecule has 0 radical (unpaired) electrons. The lowest BCUT2D eigenvalue weighted by atomic mass is 10.00. The summed E-state index contributed by atoms with van der Waals surface area (Å²) in [5, 5.41) is 0. The van der Waals surface area contributed by atoms with Gasteiger partial charge in [-0.05, 0) is 56.7 Å². The Morgan fingerprint density at radius 2 is 1.85 bits per heavy atom. The van der Waals surface area contributed by atoms with Crippen molar-refractivity contribution in [2.45, 2.75) is 46.1 Å². The van der Waals surface area contributed by atoms with E-state index in [0.717, 1.165) is 49.7 Å². The Morgan fingerprint density at radius 3 is 2.62 bits per heavy atom. The molecule has 1 fully saturated rings. The number of aryl methyl sites for hydroxylation is 1. The quantitative estimate of drug-likeness (QED) is 0.830. The molecular formula is C21H26N4O. The molecule has 0 aliphatic carbocycles. The predicted molar refractivity (Wildman–Crippen MR) is 104 cm³/mol. The number of benzene rings is 1. The number of nitrogens with zero attached hydrogens (tertiary/aromatic N) is 4. The number of anilines is 2. The van der Waals surface area contributed by atoms with E-state index in [1.807, 2.05) is 36.1 Å². The summed E-state index contributed by atoms with van der Waals surface area (Å²) in [5.74, 6) is 1.42. The van der Waals surface area contributed by atoms with Gasteiger partial charge in [0.25, 0.3) is 5.91 Å². The highest BCUT2D eigenvalue weighted by Gasteiger charge is 2.32. The lowest BCUT2D eigenvalue weighted by Gasteiger charge is -2.30. The maximum Gasteiger partial charge on any atom is 0.277 e. The van der Waals surface area contributed by atoms with Crippen LogP contribution in [-0.2, 0) is 6.42 Å². The van der Waals surface area contributed by atoms with Gasteiger partial charge in [0.05, 0.1) is 0 Å². The van der Waals surface area contributed by atoms with Gasteiger partial charge in [-0.2, -0.15) is 0 Å². The van der Waals surface area contributed by atoms with Gasteiger partial charge in [-0.15, -0.1) is 0 Å². The number of carbonyl (C=O) groups excluding carboxylic acids is 1. The van der Waals surface area contributed by atoms with Crippen LogP contribution in [0.4, 0.5) is 11.6 Å². The number of rotatable bonds is 2. The van der Waals surface area contributed by atoms with Crippen LogP contribution in [0.5, 0.6) is 0 Å². The summed E-state index contributed by atoms with van der Waals surface area (Å²) >= 11 is 0. The third-order valence-corrected chi connectivity index (χ3v) is 5.55. The fourth-order valence-corrected chi connectivity index (χ4v) is 4.01. The first-order chi connectivity index (χ1) is 12.5. The van der Waals surface area contributed by atoms with E-state index < -0.39 is 0 Å². The van der Waals surface area contributed by atoms with Gasteiger partial charge >= 0.3 is 0 Å². The number of amides is 1. The first-order valence-corrected chi connectivity index (χ1v) is 9.55. The number of aromatic nitrogens is 2. The van der Waals surface area contributed by atoms with Crippen LogP contribution >= 0.6 is 0 Å². The maximum atomic E-state index is 13.3. The normalized spacial score (nSPS) is 20.3. The molecule has 1 amide bonds. The zero-order chi connectivity index (χ0) is 18.3. The average molecular weight is 350 g/mol. The van der Waals surface area contributed by atoms with E-state index in [4.69, 9.17) is 0 Å². The molecule has 26 heavy (non-hydrogen) atoms. The molecule has 0 saturated carbocycles. The molecule has 1 unspecified atom stereocenters. The topological polar surface area (TPSA) is 49.3 Å². The number of piperidine rings is 1. The molecule has 1 atom stereocenters. The van der Waals surface area contributed by atoms with Crippen molar-refractivity contribution in [3.8, 4) is 0 Å². The Kier molecular flexibility index (Phi) is 4.39. The van der Waals surface area contributed by atoms with Crippen LogP contribution in [0.1, 0.15) is 48.4 Å². The van der Waals surface area contributed by atoms with E-state index in [2.05, 4.69) is 34.8 Å². The smallest absolute Gasteiger partial charge is 0.277 e. The zero-order valence-electron chi connectivity index (χ0n) is 15.8. The second kappa shape index (κ2) is 6.71. The molecule has 5 heteroatoms. The summed E-state index contributed by atoms with van der Waals surface area (Å²) in [6.07, 6.45) is 3.19. The highest BCUT2D eigenvalue weighted by Crippen LogP contribution is 2.33. The third-order valence-electron chi connectivity index (χ3n) is 5.55. The molecule has 1 aromatic carbocycles. The molecule has 1 aromatic heterocycles. The molecule has 0 bridgehead atoms. The monoisotopic (exact) mass is 350 g/mol. The van der Waals surface area contributed by atoms with Gasteiger partial charge in [-0.25, -0.2) is 9.97 Å². The molecule has 2 aromatic rings. The number of hydrogen-bond donors (Lipinski definition) is 0. The molecule has 5 nitrogen and oxygen atoms in total. The minimum absolute atomic E-state index is 0.0282. The van der Waals surface area contributed by atoms with Gasteiger partial charge in [0.15, 0.2) is 0 Å². The Hall–Kier alpha value is -2.43. The molecule has 0 spiro atoms. The zero-order valence-corrected chi connectivity index (χ0v) is 15.8. The number of fused-ring (bicyclic) bond motifs is 1. The van der Waals surface area contributed by atoms with Crippen LogP contribution in [0.25, 0.3) is 0 Å². The first-order valence-electron chi connectivity index (χ1n) is 9.55. The third kappa shape index (κ3) is 3.06. The van der Waals surface area contributed by atoms with Crippen LogP contribution in [0.2, 0.25) is 0 Å². The van der Waals surface area contributed by atoms with E-state index in [9.17, 15) is 4.79 Å². The van der Waals surface area contributed by atoms with E-state index in [1.54, 1.807) is 0 Å². The van der Waals surface area contributed by atoms with E-state index in [0.29, 0.717) is 11.6 Å². The summed E-state index contributed by atoms with van der Waals surface area (Å²) in [5.41, 5.74) is 3.57.